The zero-order chi connectivity index (χ0) is 16.0. The molecule has 1 rings (SSSR count). The average molecular weight is 313 g/mol. The monoisotopic (exact) mass is 313 g/mol. The number of aliphatic hydroxyl groups is 1. The van der Waals surface area contributed by atoms with Crippen molar-refractivity contribution in [3.05, 3.63) is 16.1 Å². The van der Waals surface area contributed by atoms with Gasteiger partial charge in [-0.15, -0.1) is 11.3 Å². The lowest BCUT2D eigenvalue weighted by Gasteiger charge is -2.15. The van der Waals surface area contributed by atoms with Crippen LogP contribution in [0, 0.1) is 5.92 Å². The Hall–Kier alpha value is -1.14. The van der Waals surface area contributed by atoms with Gasteiger partial charge in [-0.3, -0.25) is 0 Å². The van der Waals surface area contributed by atoms with Crippen LogP contribution in [0.1, 0.15) is 45.3 Å². The maximum absolute atomic E-state index is 11.6. The van der Waals surface area contributed by atoms with E-state index in [0.717, 1.165) is 10.7 Å². The lowest BCUT2D eigenvalue weighted by molar-refractivity contribution is 0.125. The summed E-state index contributed by atoms with van der Waals surface area (Å²) in [5.74, 6) is 0.135. The summed E-state index contributed by atoms with van der Waals surface area (Å²) in [6.07, 6.45) is 0.204. The molecule has 0 spiro atoms. The molecular formula is C15H27N3O2S. The van der Waals surface area contributed by atoms with Crippen LogP contribution in [0.3, 0.4) is 0 Å². The fourth-order valence-electron chi connectivity index (χ4n) is 1.57. The molecule has 120 valence electrons. The van der Waals surface area contributed by atoms with E-state index >= 15 is 0 Å². The number of thiazole rings is 1. The summed E-state index contributed by atoms with van der Waals surface area (Å²) in [5.41, 5.74) is 1.08. The molecule has 1 atom stereocenters. The summed E-state index contributed by atoms with van der Waals surface area (Å²) in [6.45, 7) is 11.1. The van der Waals surface area contributed by atoms with E-state index in [4.69, 9.17) is 0 Å². The first-order chi connectivity index (χ1) is 9.70. The van der Waals surface area contributed by atoms with E-state index in [1.165, 1.54) is 0 Å². The quantitative estimate of drug-likeness (QED) is 0.754. The van der Waals surface area contributed by atoms with Crippen molar-refractivity contribution in [2.75, 3.05) is 13.1 Å². The largest absolute Gasteiger partial charge is 0.391 e. The van der Waals surface area contributed by atoms with Crippen molar-refractivity contribution in [1.82, 2.24) is 15.6 Å². The molecule has 0 aliphatic heterocycles. The number of carbonyl (C=O) groups is 1. The number of hydrogen-bond donors (Lipinski definition) is 3. The summed E-state index contributed by atoms with van der Waals surface area (Å²) >= 11 is 1.66. The Morgan fingerprint density at radius 1 is 1.38 bits per heavy atom. The SMILES string of the molecule is CC(C)C(O)CNC(=O)NCCc1csc(C(C)(C)C)n1. The second-order valence-corrected chi connectivity index (χ2v) is 7.45. The van der Waals surface area contributed by atoms with Gasteiger partial charge in [-0.05, 0) is 5.92 Å². The Labute approximate surface area is 131 Å². The molecule has 1 unspecified atom stereocenters. The van der Waals surface area contributed by atoms with Gasteiger partial charge >= 0.3 is 6.03 Å². The van der Waals surface area contributed by atoms with E-state index in [1.807, 2.05) is 19.2 Å². The molecule has 0 saturated heterocycles. The molecular weight excluding hydrogens is 286 g/mol. The summed E-state index contributed by atoms with van der Waals surface area (Å²) in [6, 6.07) is -0.249. The first-order valence-corrected chi connectivity index (χ1v) is 8.22. The maximum Gasteiger partial charge on any atom is 0.314 e. The van der Waals surface area contributed by atoms with Gasteiger partial charge in [-0.1, -0.05) is 34.6 Å². The van der Waals surface area contributed by atoms with Gasteiger partial charge in [0.2, 0.25) is 0 Å². The van der Waals surface area contributed by atoms with Gasteiger partial charge in [0.05, 0.1) is 16.8 Å². The number of aliphatic hydroxyl groups excluding tert-OH is 1. The molecule has 6 heteroatoms. The zero-order valence-electron chi connectivity index (χ0n) is 13.6. The minimum Gasteiger partial charge on any atom is -0.391 e. The number of hydrogen-bond acceptors (Lipinski definition) is 4. The smallest absolute Gasteiger partial charge is 0.314 e. The van der Waals surface area contributed by atoms with Crippen molar-refractivity contribution in [2.45, 2.75) is 52.6 Å². The van der Waals surface area contributed by atoms with Crippen molar-refractivity contribution in [3.63, 3.8) is 0 Å². The number of rotatable bonds is 6. The molecule has 0 fully saturated rings. The Kier molecular flexibility index (Phi) is 6.61. The number of amides is 2. The molecule has 3 N–H and O–H groups in total. The number of aromatic nitrogens is 1. The molecule has 1 heterocycles. The molecule has 0 aromatic carbocycles. The molecule has 5 nitrogen and oxygen atoms in total. The van der Waals surface area contributed by atoms with Crippen molar-refractivity contribution in [3.8, 4) is 0 Å². The molecule has 2 amide bonds. The highest BCUT2D eigenvalue weighted by molar-refractivity contribution is 7.09. The van der Waals surface area contributed by atoms with E-state index in [9.17, 15) is 9.90 Å². The first kappa shape index (κ1) is 17.9. The van der Waals surface area contributed by atoms with Gasteiger partial charge in [0.1, 0.15) is 0 Å². The van der Waals surface area contributed by atoms with Crippen LogP contribution in [-0.4, -0.2) is 35.3 Å². The van der Waals surface area contributed by atoms with Crippen LogP contribution in [0.15, 0.2) is 5.38 Å². The summed E-state index contributed by atoms with van der Waals surface area (Å²) in [5, 5.41) is 18.2. The van der Waals surface area contributed by atoms with Crippen LogP contribution in [0.2, 0.25) is 0 Å². The van der Waals surface area contributed by atoms with Gasteiger partial charge in [0.25, 0.3) is 0 Å². The third kappa shape index (κ3) is 6.44. The van der Waals surface area contributed by atoms with Gasteiger partial charge in [-0.25, -0.2) is 9.78 Å². The van der Waals surface area contributed by atoms with Crippen LogP contribution in [-0.2, 0) is 11.8 Å². The summed E-state index contributed by atoms with van der Waals surface area (Å²) in [7, 11) is 0. The van der Waals surface area contributed by atoms with E-state index in [0.29, 0.717) is 13.0 Å². The molecule has 0 radical (unpaired) electrons. The van der Waals surface area contributed by atoms with Gasteiger partial charge in [-0.2, -0.15) is 0 Å². The lowest BCUT2D eigenvalue weighted by atomic mass is 9.98. The molecule has 1 aromatic rings. The topological polar surface area (TPSA) is 74.2 Å². The molecule has 1 aromatic heterocycles. The number of carbonyl (C=O) groups excluding carboxylic acids is 1. The highest BCUT2D eigenvalue weighted by atomic mass is 32.1. The predicted molar refractivity (Wildman–Crippen MR) is 86.8 cm³/mol. The number of urea groups is 1. The minimum atomic E-state index is -0.511. The Morgan fingerprint density at radius 2 is 2.05 bits per heavy atom. The number of nitrogens with one attached hydrogen (secondary N) is 2. The van der Waals surface area contributed by atoms with Crippen molar-refractivity contribution >= 4 is 17.4 Å². The lowest BCUT2D eigenvalue weighted by Crippen LogP contribution is -2.41. The maximum atomic E-state index is 11.6. The fraction of sp³-hybridized carbons (Fsp3) is 0.733. The van der Waals surface area contributed by atoms with Crippen LogP contribution in [0.4, 0.5) is 4.79 Å². The third-order valence-corrected chi connectivity index (χ3v) is 4.42. The Balaban J connectivity index is 2.27. The summed E-state index contributed by atoms with van der Waals surface area (Å²) in [4.78, 5) is 16.2. The Morgan fingerprint density at radius 3 is 2.57 bits per heavy atom. The minimum absolute atomic E-state index is 0.0701. The Bertz CT molecular complexity index is 452. The highest BCUT2D eigenvalue weighted by Gasteiger charge is 2.17. The average Bonchev–Trinajstić information content (AvgIpc) is 2.84. The highest BCUT2D eigenvalue weighted by Crippen LogP contribution is 2.25. The van der Waals surface area contributed by atoms with Gasteiger partial charge in [0, 0.05) is 30.3 Å². The molecule has 21 heavy (non-hydrogen) atoms. The molecule has 0 bridgehead atoms. The first-order valence-electron chi connectivity index (χ1n) is 7.34. The van der Waals surface area contributed by atoms with Crippen molar-refractivity contribution < 1.29 is 9.90 Å². The zero-order valence-corrected chi connectivity index (χ0v) is 14.4. The third-order valence-electron chi connectivity index (χ3n) is 3.10. The van der Waals surface area contributed by atoms with Gasteiger partial charge < -0.3 is 15.7 Å². The van der Waals surface area contributed by atoms with Crippen LogP contribution in [0.25, 0.3) is 0 Å². The van der Waals surface area contributed by atoms with E-state index in [1.54, 1.807) is 11.3 Å². The standard InChI is InChI=1S/C15H27N3O2S/c1-10(2)12(19)8-17-14(20)16-7-6-11-9-21-13(18-11)15(3,4)5/h9-10,12,19H,6-8H2,1-5H3,(H2,16,17,20). The van der Waals surface area contributed by atoms with Crippen LogP contribution < -0.4 is 10.6 Å². The normalized spacial score (nSPS) is 13.3. The van der Waals surface area contributed by atoms with E-state index < -0.39 is 6.10 Å². The number of nitrogens with zero attached hydrogens (tertiary/aromatic N) is 1. The second kappa shape index (κ2) is 7.75. The second-order valence-electron chi connectivity index (χ2n) is 6.59. The molecule has 0 aliphatic carbocycles. The van der Waals surface area contributed by atoms with Crippen LogP contribution in [0.5, 0.6) is 0 Å². The fourth-order valence-corrected chi connectivity index (χ4v) is 2.51. The van der Waals surface area contributed by atoms with Crippen molar-refractivity contribution in [1.29, 1.82) is 0 Å². The summed E-state index contributed by atoms with van der Waals surface area (Å²) < 4.78 is 0. The van der Waals surface area contributed by atoms with E-state index in [2.05, 4.69) is 36.4 Å². The van der Waals surface area contributed by atoms with Gasteiger partial charge in [0.15, 0.2) is 0 Å². The molecule has 0 saturated carbocycles. The van der Waals surface area contributed by atoms with Crippen molar-refractivity contribution in [2.24, 2.45) is 5.92 Å². The predicted octanol–water partition coefficient (Wildman–Crippen LogP) is 2.30. The van der Waals surface area contributed by atoms with Crippen LogP contribution >= 0.6 is 11.3 Å². The molecule has 0 aliphatic rings. The van der Waals surface area contributed by atoms with E-state index in [-0.39, 0.29) is 23.9 Å².